The zero-order valence-corrected chi connectivity index (χ0v) is 29.5. The van der Waals surface area contributed by atoms with E-state index < -0.39 is 0 Å². The smallest absolute Gasteiger partial charge is 0 e. The molecule has 0 N–H and O–H groups in total. The van der Waals surface area contributed by atoms with Crippen LogP contribution in [0, 0.1) is 0 Å². The van der Waals surface area contributed by atoms with Gasteiger partial charge in [0, 0.05) is 109 Å². The normalized spacial score (nSPS) is 0. The van der Waals surface area contributed by atoms with Crippen LogP contribution >= 0.6 is 0 Å². The second-order valence-corrected chi connectivity index (χ2v) is 0. The molecule has 0 aliphatic carbocycles. The van der Waals surface area contributed by atoms with Gasteiger partial charge in [0.25, 0.3) is 0 Å². The van der Waals surface area contributed by atoms with Crippen molar-refractivity contribution in [1.82, 2.24) is 0 Å². The Bertz CT molecular complexity index is 35.0. The number of hydrogen-bond donors (Lipinski definition) is 0. The second kappa shape index (κ2) is 45.2. The molecule has 0 rings (SSSR count). The Hall–Kier alpha value is 8.44. The van der Waals surface area contributed by atoms with Gasteiger partial charge in [0.15, 0.2) is 0 Å². The summed E-state index contributed by atoms with van der Waals surface area (Å²) >= 11 is 0. The van der Waals surface area contributed by atoms with Gasteiger partial charge in [0.1, 0.15) is 0 Å². The average Bonchev–Trinajstić information content (AvgIpc) is 0. The van der Waals surface area contributed by atoms with Crippen LogP contribution in [0.25, 0.3) is 0 Å². The van der Waals surface area contributed by atoms with Crippen molar-refractivity contribution in [3.8, 4) is 0 Å². The van der Waals surface area contributed by atoms with Crippen LogP contribution < -0.4 is 77.0 Å². The fraction of sp³-hybridized carbons (Fsp3) is 0. The third-order valence-electron chi connectivity index (χ3n) is 0. The largest absolute Gasteiger partial charge is 0 e. The Kier molecular flexibility index (Phi) is 311. The van der Waals surface area contributed by atoms with E-state index in [1.807, 2.05) is 0 Å². The first-order valence-electron chi connectivity index (χ1n) is 0. The summed E-state index contributed by atoms with van der Waals surface area (Å²) in [6, 6.07) is 0. The summed E-state index contributed by atoms with van der Waals surface area (Å²) in [6.07, 6.45) is 0. The Morgan fingerprint density at radius 1 is 1.12 bits per heavy atom. The Labute approximate surface area is 256 Å². The summed E-state index contributed by atoms with van der Waals surface area (Å²) in [6.45, 7) is 0. The summed E-state index contributed by atoms with van der Waals surface area (Å²) in [5.74, 6) is 0. The van der Waals surface area contributed by atoms with Gasteiger partial charge in [0.05, 0.1) is 0 Å². The van der Waals surface area contributed by atoms with Crippen molar-refractivity contribution in [2.75, 3.05) is 0 Å². The van der Waals surface area contributed by atoms with Gasteiger partial charge in [-0.3, -0.25) is 0 Å². The molecule has 3 radical (unpaired) electrons. The van der Waals surface area contributed by atoms with Gasteiger partial charge in [0.2, 0.25) is 0 Å². The Morgan fingerprint density at radius 3 is 1.12 bits per heavy atom. The van der Waals surface area contributed by atoms with Gasteiger partial charge in [-0.2, -0.15) is 0 Å². The molecular formula is H6AuBaCdLiRbSbYZr. The zero-order valence-electron chi connectivity index (χ0n) is 9.37. The summed E-state index contributed by atoms with van der Waals surface area (Å²) in [5.41, 5.74) is 0. The van der Waals surface area contributed by atoms with Crippen LogP contribution in [0.5, 0.6) is 0 Å². The van der Waals surface area contributed by atoms with Crippen LogP contribution in [0.2, 0.25) is 0 Å². The molecule has 0 fully saturated rings. The standard InChI is InChI=1S/Au.Ba.Cd.Li.Rb.Sb.Y.Zr.6H/q;+2;;2*+1;;;;;;4*-1. The van der Waals surface area contributed by atoms with Crippen molar-refractivity contribution in [2.24, 2.45) is 0 Å². The average molecular weight is 847 g/mol. The molecule has 8 heavy (non-hydrogen) atoms. The SMILES string of the molecule is [Au].[Ba+2].[Cd].[H-].[H-].[H-].[H-].[Li+].[Rb+].[SbH2].[Y].[Zr]. The van der Waals surface area contributed by atoms with Crippen molar-refractivity contribution >= 4 is 73.3 Å². The van der Waals surface area contributed by atoms with Gasteiger partial charge in [-0.1, -0.05) is 0 Å². The Morgan fingerprint density at radius 2 is 1.12 bits per heavy atom. The van der Waals surface area contributed by atoms with Crippen molar-refractivity contribution in [3.05, 3.63) is 0 Å². The molecule has 0 saturated heterocycles. The summed E-state index contributed by atoms with van der Waals surface area (Å²) in [4.78, 5) is 0. The second-order valence-electron chi connectivity index (χ2n) is 0. The van der Waals surface area contributed by atoms with Crippen LogP contribution in [0.4, 0.5) is 0 Å². The maximum Gasteiger partial charge on any atom is 0 e. The topological polar surface area (TPSA) is 0 Å². The van der Waals surface area contributed by atoms with E-state index in [1.54, 1.807) is 0 Å². The van der Waals surface area contributed by atoms with Gasteiger partial charge >= 0.3 is 150 Å². The van der Waals surface area contributed by atoms with E-state index in [0.717, 1.165) is 0 Å². The molecule has 0 aromatic carbocycles. The zero-order chi connectivity index (χ0) is 0. The quantitative estimate of drug-likeness (QED) is 0.213. The van der Waals surface area contributed by atoms with Gasteiger partial charge < -0.3 is 5.71 Å². The van der Waals surface area contributed by atoms with E-state index >= 15 is 0 Å². The number of hydrogen-bond acceptors (Lipinski definition) is 0. The molecule has 0 spiro atoms. The molecule has 0 unspecified atom stereocenters. The van der Waals surface area contributed by atoms with Gasteiger partial charge in [-0.25, -0.2) is 0 Å². The summed E-state index contributed by atoms with van der Waals surface area (Å²) in [5, 5.41) is 0. The third-order valence-corrected chi connectivity index (χ3v) is 0. The molecule has 35 valence electrons. The van der Waals surface area contributed by atoms with E-state index in [-0.39, 0.29) is 265 Å². The van der Waals surface area contributed by atoms with E-state index in [4.69, 9.17) is 0 Å². The maximum atomic E-state index is 0. The Balaban J connectivity index is 0. The first-order chi connectivity index (χ1) is 0. The predicted molar refractivity (Wildman–Crippen MR) is 18.7 cm³/mol. The first kappa shape index (κ1) is 55.0. The van der Waals surface area contributed by atoms with Crippen LogP contribution in [0.3, 0.4) is 0 Å². The van der Waals surface area contributed by atoms with Crippen LogP contribution in [0.1, 0.15) is 5.71 Å². The van der Waals surface area contributed by atoms with Crippen LogP contribution in [0.15, 0.2) is 0 Å². The summed E-state index contributed by atoms with van der Waals surface area (Å²) in [7, 11) is 0. The molecule has 0 bridgehead atoms. The molecule has 0 aromatic heterocycles. The molecule has 0 heterocycles. The van der Waals surface area contributed by atoms with Crippen molar-refractivity contribution in [2.45, 2.75) is 0 Å². The predicted octanol–water partition coefficient (Wildman–Crippen LogP) is -6.85. The first-order valence-corrected chi connectivity index (χ1v) is 0. The molecule has 0 nitrogen and oxygen atoms in total. The molecule has 0 amide bonds. The molecule has 0 saturated carbocycles. The van der Waals surface area contributed by atoms with E-state index in [9.17, 15) is 0 Å². The molecule has 0 aliphatic rings. The minimum Gasteiger partial charge on any atom is 0 e. The van der Waals surface area contributed by atoms with E-state index in [2.05, 4.69) is 0 Å². The molecular weight excluding hydrogens is 841 g/mol. The van der Waals surface area contributed by atoms with Gasteiger partial charge in [-0.05, 0) is 0 Å². The molecule has 0 aliphatic heterocycles. The van der Waals surface area contributed by atoms with Crippen LogP contribution in [-0.4, -0.2) is 73.3 Å². The van der Waals surface area contributed by atoms with Crippen LogP contribution in [-0.2, 0) is 109 Å². The maximum absolute atomic E-state index is 0. The van der Waals surface area contributed by atoms with Crippen molar-refractivity contribution in [3.63, 3.8) is 0 Å². The van der Waals surface area contributed by atoms with E-state index in [0.29, 0.717) is 0 Å². The minimum absolute atomic E-state index is 0. The van der Waals surface area contributed by atoms with Crippen molar-refractivity contribution < 1.29 is 191 Å². The molecule has 0 aromatic rings. The van der Waals surface area contributed by atoms with E-state index in [1.165, 1.54) is 0 Å². The minimum atomic E-state index is 0. The monoisotopic (exact) mass is 846 g/mol. The summed E-state index contributed by atoms with van der Waals surface area (Å²) < 4.78 is 0. The molecule has 0 atom stereocenters. The van der Waals surface area contributed by atoms with Gasteiger partial charge in [-0.15, -0.1) is 0 Å². The van der Waals surface area contributed by atoms with Crippen molar-refractivity contribution in [1.29, 1.82) is 0 Å². The third kappa shape index (κ3) is 36.6. The molecule has 8 heteroatoms. The number of rotatable bonds is 0. The fourth-order valence-corrected chi connectivity index (χ4v) is 0. The fourth-order valence-electron chi connectivity index (χ4n) is 0.